The van der Waals surface area contributed by atoms with Crippen molar-refractivity contribution >= 4 is 85.1 Å². The van der Waals surface area contributed by atoms with E-state index in [2.05, 4.69) is 34.8 Å². The van der Waals surface area contributed by atoms with Crippen molar-refractivity contribution in [1.82, 2.24) is 34.5 Å². The van der Waals surface area contributed by atoms with E-state index in [0.717, 1.165) is 28.8 Å². The molecule has 314 valence electrons. The number of sulfonamides is 1. The van der Waals surface area contributed by atoms with E-state index in [4.69, 9.17) is 65.0 Å². The number of carboxylic acid groups (broad SMARTS) is 2. The molecule has 59 heavy (non-hydrogen) atoms. The van der Waals surface area contributed by atoms with E-state index in [1.807, 2.05) is 17.7 Å². The van der Waals surface area contributed by atoms with Crippen molar-refractivity contribution in [3.63, 3.8) is 0 Å². The number of carbonyl (C=O) groups is 2. The first-order valence-electron chi connectivity index (χ1n) is 15.5. The Bertz CT molecular complexity index is 2680. The Balaban J connectivity index is 0.000000215. The number of nitrogen functional groups attached to an aromatic ring is 1. The van der Waals surface area contributed by atoms with Crippen LogP contribution in [0.4, 0.5) is 29.2 Å². The van der Waals surface area contributed by atoms with Gasteiger partial charge in [0.15, 0.2) is 11.5 Å². The highest BCUT2D eigenvalue weighted by Gasteiger charge is 2.40. The smallest absolute Gasteiger partial charge is 0.418 e. The quantitative estimate of drug-likeness (QED) is 0.0930. The zero-order valence-corrected chi connectivity index (χ0v) is 33.3. The van der Waals surface area contributed by atoms with Gasteiger partial charge in [0.25, 0.3) is 21.7 Å². The van der Waals surface area contributed by atoms with Gasteiger partial charge in [-0.15, -0.1) is 5.10 Å². The fourth-order valence-corrected chi connectivity index (χ4v) is 6.45. The topological polar surface area (TPSA) is 265 Å². The van der Waals surface area contributed by atoms with Crippen LogP contribution >= 0.6 is 34.8 Å². The van der Waals surface area contributed by atoms with Crippen molar-refractivity contribution < 1.29 is 64.7 Å². The largest absolute Gasteiger partial charge is 0.481 e. The number of alkyl halides is 3. The number of nitrogens with one attached hydrogen (secondary N) is 1. The molecule has 5 aromatic heterocycles. The van der Waals surface area contributed by atoms with Crippen molar-refractivity contribution in [3.05, 3.63) is 80.4 Å². The summed E-state index contributed by atoms with van der Waals surface area (Å²) in [6.07, 6.45) is -2.57. The van der Waals surface area contributed by atoms with Gasteiger partial charge in [0, 0.05) is 17.8 Å². The van der Waals surface area contributed by atoms with Crippen LogP contribution in [0.1, 0.15) is 21.5 Å². The summed E-state index contributed by atoms with van der Waals surface area (Å²) in [5.74, 6) is -4.99. The molecule has 0 fully saturated rings. The minimum absolute atomic E-state index is 0.0640. The highest BCUT2D eigenvalue weighted by atomic mass is 35.5. The lowest BCUT2D eigenvalue weighted by Gasteiger charge is -2.15. The van der Waals surface area contributed by atoms with Crippen molar-refractivity contribution in [2.45, 2.75) is 18.0 Å². The van der Waals surface area contributed by atoms with Crippen LogP contribution in [-0.2, 0) is 21.0 Å². The van der Waals surface area contributed by atoms with Crippen molar-refractivity contribution in [1.29, 1.82) is 0 Å². The third-order valence-electron chi connectivity index (χ3n) is 7.07. The van der Waals surface area contributed by atoms with Crippen LogP contribution in [0.25, 0.3) is 16.7 Å². The van der Waals surface area contributed by atoms with Gasteiger partial charge in [-0.25, -0.2) is 27.7 Å². The van der Waals surface area contributed by atoms with Gasteiger partial charge in [-0.1, -0.05) is 40.9 Å². The summed E-state index contributed by atoms with van der Waals surface area (Å²) in [7, 11) is -1.20. The molecule has 0 saturated heterocycles. The number of aromatic carboxylic acids is 1. The van der Waals surface area contributed by atoms with E-state index in [-0.39, 0.29) is 38.8 Å². The number of aryl methyl sites for hydroxylation is 1. The van der Waals surface area contributed by atoms with Crippen LogP contribution in [-0.4, -0.2) is 93.0 Å². The first-order chi connectivity index (χ1) is 27.6. The van der Waals surface area contributed by atoms with Crippen LogP contribution in [0.5, 0.6) is 23.5 Å². The second kappa shape index (κ2) is 18.6. The number of anilines is 2. The maximum Gasteiger partial charge on any atom is 0.418 e. The number of pyridine rings is 3. The number of benzene rings is 1. The maximum atomic E-state index is 13.3. The molecule has 5 heterocycles. The van der Waals surface area contributed by atoms with Crippen molar-refractivity contribution in [2.75, 3.05) is 38.4 Å². The van der Waals surface area contributed by atoms with Crippen LogP contribution in [0.15, 0.2) is 47.6 Å². The summed E-state index contributed by atoms with van der Waals surface area (Å²) < 4.78 is 101. The van der Waals surface area contributed by atoms with Crippen LogP contribution in [0.2, 0.25) is 15.1 Å². The molecule has 0 aliphatic carbocycles. The van der Waals surface area contributed by atoms with E-state index >= 15 is 0 Å². The third-order valence-corrected chi connectivity index (χ3v) is 9.49. The lowest BCUT2D eigenvalue weighted by molar-refractivity contribution is -0.140. The second-order valence-electron chi connectivity index (χ2n) is 11.0. The Labute approximate surface area is 343 Å². The standard InChI is InChI=1S/C14H13F3N6O5S.C11H8ClNO2.C7H5Cl2FN2O3/c1-26-8-6-9(27-2)23-13(19-8)20-12(21-23)22-29(24,25)10-7(14(15,16)17)4-5-18-11(10)28-3;1-6-4-7-2-3-8(12)9(11(14)15)10(7)13-5-6;8-3-5(11)4(9)7(12-6(3)10)15-1-2(13)14/h4-6H,1-3H3,(H,21,22);2-5H,1H3,(H,14,15);1H2,(H2,11,12)(H,13,14). The molecule has 0 aliphatic heterocycles. The molecule has 0 atom stereocenters. The summed E-state index contributed by atoms with van der Waals surface area (Å²) in [6, 6.07) is 7.10. The molecular formula is C32H26Cl3F4N9O10S. The minimum atomic E-state index is -4.98. The normalized spacial score (nSPS) is 11.2. The first-order valence-corrected chi connectivity index (χ1v) is 18.2. The monoisotopic (exact) mass is 909 g/mol. The number of halogens is 7. The number of hydrogen-bond donors (Lipinski definition) is 4. The Morgan fingerprint density at radius 2 is 1.64 bits per heavy atom. The van der Waals surface area contributed by atoms with Gasteiger partial charge in [0.2, 0.25) is 29.5 Å². The molecule has 0 unspecified atom stereocenters. The van der Waals surface area contributed by atoms with E-state index in [1.165, 1.54) is 20.3 Å². The van der Waals surface area contributed by atoms with E-state index in [9.17, 15) is 35.6 Å². The van der Waals surface area contributed by atoms with Gasteiger partial charge >= 0.3 is 18.1 Å². The fourth-order valence-electron chi connectivity index (χ4n) is 4.57. The molecule has 0 aliphatic rings. The van der Waals surface area contributed by atoms with Gasteiger partial charge in [-0.2, -0.15) is 37.0 Å². The van der Waals surface area contributed by atoms with Gasteiger partial charge in [0.1, 0.15) is 15.6 Å². The number of methoxy groups -OCH3 is 3. The Morgan fingerprint density at radius 1 is 0.949 bits per heavy atom. The maximum absolute atomic E-state index is 13.3. The lowest BCUT2D eigenvalue weighted by Crippen LogP contribution is -2.21. The number of hydrogen-bond acceptors (Lipinski definition) is 15. The molecule has 19 nitrogen and oxygen atoms in total. The molecule has 1 aromatic carbocycles. The molecule has 0 spiro atoms. The van der Waals surface area contributed by atoms with E-state index in [1.54, 1.807) is 18.3 Å². The average molecular weight is 911 g/mol. The highest BCUT2D eigenvalue weighted by molar-refractivity contribution is 7.92. The van der Waals surface area contributed by atoms with Crippen molar-refractivity contribution in [3.8, 4) is 23.5 Å². The minimum Gasteiger partial charge on any atom is -0.481 e. The summed E-state index contributed by atoms with van der Waals surface area (Å²) >= 11 is 16.8. The molecular weight excluding hydrogens is 885 g/mol. The molecule has 0 bridgehead atoms. The summed E-state index contributed by atoms with van der Waals surface area (Å²) in [6.45, 7) is 1.20. The Hall–Kier alpha value is -6.24. The summed E-state index contributed by atoms with van der Waals surface area (Å²) in [5.41, 5.74) is 5.10. The average Bonchev–Trinajstić information content (AvgIpc) is 3.58. The summed E-state index contributed by atoms with van der Waals surface area (Å²) in [5, 5.41) is 21.5. The number of nitrogens with two attached hydrogens (primary N) is 1. The van der Waals surface area contributed by atoms with Gasteiger partial charge in [-0.05, 0) is 30.7 Å². The van der Waals surface area contributed by atoms with Crippen LogP contribution in [0.3, 0.4) is 0 Å². The predicted molar refractivity (Wildman–Crippen MR) is 201 cm³/mol. The van der Waals surface area contributed by atoms with Crippen LogP contribution < -0.4 is 29.4 Å². The number of carboxylic acids is 2. The number of rotatable bonds is 10. The molecule has 0 amide bonds. The molecule has 6 aromatic rings. The number of aliphatic carboxylic acids is 1. The zero-order chi connectivity index (χ0) is 44.0. The molecule has 6 rings (SSSR count). The number of nitrogens with zero attached hydrogens (tertiary/aromatic N) is 7. The molecule has 0 saturated carbocycles. The number of fused-ring (bicyclic) bond motifs is 2. The SMILES string of the molecule is COc1cc(OC)n2nc(NS(=O)(=O)c3c(C(F)(F)F)ccnc3OC)nc2n1.Cc1cnc2c(C(=O)O)c(Cl)ccc2c1.Nc1c(Cl)c(F)nc(OCC(=O)O)c1Cl. The van der Waals surface area contributed by atoms with Gasteiger partial charge < -0.3 is 34.9 Å². The van der Waals surface area contributed by atoms with E-state index in [0.29, 0.717) is 11.6 Å². The zero-order valence-electron chi connectivity index (χ0n) is 30.2. The number of aromatic nitrogens is 7. The Kier molecular flexibility index (Phi) is 14.3. The van der Waals surface area contributed by atoms with Gasteiger partial charge in [-0.3, -0.25) is 4.98 Å². The van der Waals surface area contributed by atoms with E-state index < -0.39 is 73.9 Å². The Morgan fingerprint density at radius 3 is 2.24 bits per heavy atom. The lowest BCUT2D eigenvalue weighted by atomic mass is 10.1. The fraction of sp³-hybridized carbons (Fsp3) is 0.188. The van der Waals surface area contributed by atoms with Crippen LogP contribution in [0, 0.1) is 12.9 Å². The molecule has 5 N–H and O–H groups in total. The molecule has 27 heteroatoms. The third kappa shape index (κ3) is 10.6. The first kappa shape index (κ1) is 45.5. The second-order valence-corrected chi connectivity index (χ2v) is 13.8. The van der Waals surface area contributed by atoms with Crippen molar-refractivity contribution in [2.24, 2.45) is 0 Å². The predicted octanol–water partition coefficient (Wildman–Crippen LogP) is 5.83. The number of ether oxygens (including phenoxy) is 4. The summed E-state index contributed by atoms with van der Waals surface area (Å²) in [4.78, 5) is 38.6. The molecule has 0 radical (unpaired) electrons. The highest BCUT2D eigenvalue weighted by Crippen LogP contribution is 2.38. The van der Waals surface area contributed by atoms with Gasteiger partial charge in [0.05, 0.1) is 49.2 Å².